The zero-order valence-corrected chi connectivity index (χ0v) is 16.6. The summed E-state index contributed by atoms with van der Waals surface area (Å²) in [6, 6.07) is 17.4. The third-order valence-corrected chi connectivity index (χ3v) is 4.70. The van der Waals surface area contributed by atoms with Crippen LogP contribution < -0.4 is 15.0 Å². The number of benzene rings is 3. The van der Waals surface area contributed by atoms with Crippen molar-refractivity contribution in [3.8, 4) is 5.75 Å². The predicted molar refractivity (Wildman–Crippen MR) is 113 cm³/mol. The van der Waals surface area contributed by atoms with Crippen molar-refractivity contribution in [1.29, 1.82) is 0 Å². The molecule has 31 heavy (non-hydrogen) atoms. The van der Waals surface area contributed by atoms with E-state index in [-0.39, 0.29) is 11.3 Å². The largest absolute Gasteiger partial charge is 0.494 e. The Bertz CT molecular complexity index is 1190. The van der Waals surface area contributed by atoms with Gasteiger partial charge in [-0.2, -0.15) is 0 Å². The van der Waals surface area contributed by atoms with Crippen LogP contribution in [-0.2, 0) is 9.59 Å². The first kappa shape index (κ1) is 20.3. The Morgan fingerprint density at radius 3 is 2.32 bits per heavy atom. The second-order valence-corrected chi connectivity index (χ2v) is 6.77. The molecule has 3 aromatic rings. The van der Waals surface area contributed by atoms with Gasteiger partial charge in [0.25, 0.3) is 11.8 Å². The van der Waals surface area contributed by atoms with Gasteiger partial charge in [0.1, 0.15) is 23.1 Å². The molecule has 1 N–H and O–H groups in total. The smallest absolute Gasteiger partial charge is 0.282 e. The number of amides is 2. The number of hydrogen-bond donors (Lipinski definition) is 1. The first-order chi connectivity index (χ1) is 15.0. The number of carbonyl (C=O) groups is 2. The molecule has 0 bridgehead atoms. The van der Waals surface area contributed by atoms with E-state index in [1.807, 2.05) is 6.92 Å². The molecule has 0 radical (unpaired) electrons. The molecule has 7 heteroatoms. The summed E-state index contributed by atoms with van der Waals surface area (Å²) >= 11 is 0. The van der Waals surface area contributed by atoms with E-state index < -0.39 is 23.4 Å². The molecular weight excluding hydrogens is 402 g/mol. The van der Waals surface area contributed by atoms with Gasteiger partial charge in [0, 0.05) is 11.8 Å². The number of ether oxygens (including phenoxy) is 1. The number of imide groups is 1. The molecule has 0 aliphatic carbocycles. The van der Waals surface area contributed by atoms with E-state index in [9.17, 15) is 18.4 Å². The summed E-state index contributed by atoms with van der Waals surface area (Å²) in [6.07, 6.45) is 0. The highest BCUT2D eigenvalue weighted by Gasteiger charge is 2.40. The van der Waals surface area contributed by atoms with Crippen molar-refractivity contribution in [1.82, 2.24) is 0 Å². The molecule has 156 valence electrons. The van der Waals surface area contributed by atoms with E-state index in [4.69, 9.17) is 4.74 Å². The average Bonchev–Trinajstić information content (AvgIpc) is 2.99. The Labute approximate surface area is 177 Å². The van der Waals surface area contributed by atoms with Crippen LogP contribution in [0.25, 0.3) is 5.57 Å². The molecule has 4 rings (SSSR count). The number of rotatable bonds is 6. The normalized spacial score (nSPS) is 13.7. The van der Waals surface area contributed by atoms with Gasteiger partial charge in [0.05, 0.1) is 17.9 Å². The quantitative estimate of drug-likeness (QED) is 0.584. The highest BCUT2D eigenvalue weighted by Crippen LogP contribution is 2.35. The average molecular weight is 420 g/mol. The third kappa shape index (κ3) is 4.02. The van der Waals surface area contributed by atoms with Crippen molar-refractivity contribution < 1.29 is 23.1 Å². The minimum absolute atomic E-state index is 0.0241. The van der Waals surface area contributed by atoms with Crippen molar-refractivity contribution in [3.63, 3.8) is 0 Å². The van der Waals surface area contributed by atoms with Crippen LogP contribution in [0.5, 0.6) is 5.75 Å². The zero-order valence-electron chi connectivity index (χ0n) is 16.6. The van der Waals surface area contributed by atoms with Gasteiger partial charge in [0.2, 0.25) is 0 Å². The first-order valence-electron chi connectivity index (χ1n) is 9.62. The van der Waals surface area contributed by atoms with Gasteiger partial charge in [-0.3, -0.25) is 9.59 Å². The van der Waals surface area contributed by atoms with E-state index in [1.54, 1.807) is 30.3 Å². The van der Waals surface area contributed by atoms with Crippen molar-refractivity contribution in [2.24, 2.45) is 0 Å². The van der Waals surface area contributed by atoms with Crippen molar-refractivity contribution in [3.05, 3.63) is 95.7 Å². The van der Waals surface area contributed by atoms with Gasteiger partial charge in [-0.05, 0) is 55.0 Å². The van der Waals surface area contributed by atoms with Gasteiger partial charge < -0.3 is 10.1 Å². The highest BCUT2D eigenvalue weighted by atomic mass is 19.1. The van der Waals surface area contributed by atoms with Crippen LogP contribution in [0.3, 0.4) is 0 Å². The van der Waals surface area contributed by atoms with Gasteiger partial charge in [-0.25, -0.2) is 13.7 Å². The summed E-state index contributed by atoms with van der Waals surface area (Å²) in [5, 5.41) is 2.87. The minimum atomic E-state index is -0.609. The minimum Gasteiger partial charge on any atom is -0.494 e. The second-order valence-electron chi connectivity index (χ2n) is 6.77. The predicted octanol–water partition coefficient (Wildman–Crippen LogP) is 4.76. The molecular formula is C24H18F2N2O3. The fourth-order valence-electron chi connectivity index (χ4n) is 3.35. The maximum Gasteiger partial charge on any atom is 0.282 e. The molecule has 0 unspecified atom stereocenters. The lowest BCUT2D eigenvalue weighted by Gasteiger charge is -2.16. The van der Waals surface area contributed by atoms with Crippen LogP contribution in [0.15, 0.2) is 78.5 Å². The summed E-state index contributed by atoms with van der Waals surface area (Å²) in [4.78, 5) is 27.7. The molecule has 0 saturated carbocycles. The summed E-state index contributed by atoms with van der Waals surface area (Å²) < 4.78 is 32.6. The molecule has 0 saturated heterocycles. The summed E-state index contributed by atoms with van der Waals surface area (Å²) in [7, 11) is 0. The lowest BCUT2D eigenvalue weighted by molar-refractivity contribution is -0.120. The molecule has 0 spiro atoms. The molecule has 2 amide bonds. The zero-order chi connectivity index (χ0) is 22.0. The van der Waals surface area contributed by atoms with E-state index in [2.05, 4.69) is 5.32 Å². The fourth-order valence-corrected chi connectivity index (χ4v) is 3.35. The van der Waals surface area contributed by atoms with Crippen LogP contribution >= 0.6 is 0 Å². The van der Waals surface area contributed by atoms with Crippen molar-refractivity contribution >= 4 is 28.8 Å². The molecule has 1 aliphatic heterocycles. The fraction of sp³-hybridized carbons (Fsp3) is 0.0833. The van der Waals surface area contributed by atoms with Crippen LogP contribution in [-0.4, -0.2) is 18.4 Å². The Balaban J connectivity index is 1.80. The number of hydrogen-bond acceptors (Lipinski definition) is 4. The molecule has 0 atom stereocenters. The lowest BCUT2D eigenvalue weighted by Crippen LogP contribution is -2.32. The molecule has 1 heterocycles. The Morgan fingerprint density at radius 1 is 0.871 bits per heavy atom. The van der Waals surface area contributed by atoms with E-state index >= 15 is 0 Å². The molecule has 5 nitrogen and oxygen atoms in total. The molecule has 0 fully saturated rings. The maximum atomic E-state index is 13.7. The Kier molecular flexibility index (Phi) is 5.49. The van der Waals surface area contributed by atoms with E-state index in [1.165, 1.54) is 42.5 Å². The summed E-state index contributed by atoms with van der Waals surface area (Å²) in [6.45, 7) is 2.25. The van der Waals surface area contributed by atoms with Gasteiger partial charge in [-0.1, -0.05) is 24.3 Å². The second kappa shape index (κ2) is 8.39. The molecule has 0 aromatic heterocycles. The number of halogens is 2. The lowest BCUT2D eigenvalue weighted by atomic mass is 10.0. The SMILES string of the molecule is CCOc1cccc(N2C(=O)C(Nc3cccc(F)c3)=C(c3ccc(F)cc3)C2=O)c1. The van der Waals surface area contributed by atoms with E-state index in [0.717, 1.165) is 4.90 Å². The maximum absolute atomic E-state index is 13.7. The Hall–Kier alpha value is -4.00. The van der Waals surface area contributed by atoms with Crippen molar-refractivity contribution in [2.45, 2.75) is 6.92 Å². The number of carbonyl (C=O) groups excluding carboxylic acids is 2. The van der Waals surface area contributed by atoms with E-state index in [0.29, 0.717) is 29.3 Å². The highest BCUT2D eigenvalue weighted by molar-refractivity contribution is 6.46. The molecule has 3 aromatic carbocycles. The van der Waals surface area contributed by atoms with Crippen LogP contribution in [0.1, 0.15) is 12.5 Å². The first-order valence-corrected chi connectivity index (χ1v) is 9.62. The van der Waals surface area contributed by atoms with Crippen LogP contribution in [0.2, 0.25) is 0 Å². The third-order valence-electron chi connectivity index (χ3n) is 4.70. The summed E-state index contributed by atoms with van der Waals surface area (Å²) in [5.74, 6) is -1.64. The monoisotopic (exact) mass is 420 g/mol. The number of nitrogens with one attached hydrogen (secondary N) is 1. The van der Waals surface area contributed by atoms with Gasteiger partial charge in [-0.15, -0.1) is 0 Å². The standard InChI is InChI=1S/C24H18F2N2O3/c1-2-31-20-8-4-7-19(14-20)28-23(29)21(15-9-11-16(25)12-10-15)22(24(28)30)27-18-6-3-5-17(26)13-18/h3-14,27H,2H2,1H3. The summed E-state index contributed by atoms with van der Waals surface area (Å²) in [5.41, 5.74) is 1.04. The molecule has 1 aliphatic rings. The Morgan fingerprint density at radius 2 is 1.61 bits per heavy atom. The van der Waals surface area contributed by atoms with Crippen molar-refractivity contribution in [2.75, 3.05) is 16.8 Å². The number of anilines is 2. The van der Waals surface area contributed by atoms with Gasteiger partial charge in [0.15, 0.2) is 0 Å². The van der Waals surface area contributed by atoms with Crippen LogP contribution in [0, 0.1) is 11.6 Å². The van der Waals surface area contributed by atoms with Crippen LogP contribution in [0.4, 0.5) is 20.2 Å². The number of nitrogens with zero attached hydrogens (tertiary/aromatic N) is 1. The van der Waals surface area contributed by atoms with Gasteiger partial charge >= 0.3 is 0 Å². The topological polar surface area (TPSA) is 58.6 Å².